The first kappa shape index (κ1) is 13.1. The molecule has 0 unspecified atom stereocenters. The summed E-state index contributed by atoms with van der Waals surface area (Å²) in [6.07, 6.45) is 5.81. The van der Waals surface area contributed by atoms with Gasteiger partial charge in [0.25, 0.3) is 0 Å². The van der Waals surface area contributed by atoms with Crippen LogP contribution < -0.4 is 0 Å². The Morgan fingerprint density at radius 2 is 1.95 bits per heavy atom. The van der Waals surface area contributed by atoms with Crippen LogP contribution >= 0.6 is 0 Å². The topological polar surface area (TPSA) is 55.1 Å². The normalized spacial score (nSPS) is 14.4. The van der Waals surface area contributed by atoms with Gasteiger partial charge in [0.1, 0.15) is 5.75 Å². The third-order valence-electron chi connectivity index (χ3n) is 4.37. The van der Waals surface area contributed by atoms with Gasteiger partial charge in [-0.2, -0.15) is 0 Å². The Kier molecular flexibility index (Phi) is 2.79. The van der Waals surface area contributed by atoms with E-state index in [2.05, 4.69) is 9.55 Å². The molecule has 0 saturated heterocycles. The van der Waals surface area contributed by atoms with Gasteiger partial charge in [-0.3, -0.25) is 9.78 Å². The van der Waals surface area contributed by atoms with Crippen molar-refractivity contribution in [1.29, 1.82) is 0 Å². The lowest BCUT2D eigenvalue weighted by atomic mass is 9.99. The summed E-state index contributed by atoms with van der Waals surface area (Å²) in [5.74, 6) is 0.647. The fourth-order valence-corrected chi connectivity index (χ4v) is 3.13. The number of aromatic nitrogens is 2. The number of carbonyl (C=O) groups is 1. The molecule has 3 aromatic rings. The average Bonchev–Trinajstić information content (AvgIpc) is 3.33. The van der Waals surface area contributed by atoms with Crippen molar-refractivity contribution in [2.75, 3.05) is 0 Å². The molecule has 0 spiro atoms. The zero-order valence-corrected chi connectivity index (χ0v) is 12.3. The number of fused-ring (bicyclic) bond motifs is 1. The van der Waals surface area contributed by atoms with Crippen molar-refractivity contribution in [1.82, 2.24) is 9.55 Å². The molecular formula is C18H16N2O2. The van der Waals surface area contributed by atoms with Gasteiger partial charge in [-0.05, 0) is 43.2 Å². The molecule has 1 N–H and O–H groups in total. The number of hydrogen-bond acceptors (Lipinski definition) is 3. The number of rotatable bonds is 3. The minimum absolute atomic E-state index is 0.0127. The number of pyridine rings is 1. The number of hydrogen-bond donors (Lipinski definition) is 1. The van der Waals surface area contributed by atoms with E-state index in [1.54, 1.807) is 30.5 Å². The van der Waals surface area contributed by atoms with Crippen LogP contribution in [0.1, 0.15) is 40.4 Å². The van der Waals surface area contributed by atoms with Crippen molar-refractivity contribution < 1.29 is 9.90 Å². The second-order valence-corrected chi connectivity index (χ2v) is 5.86. The van der Waals surface area contributed by atoms with Crippen molar-refractivity contribution >= 4 is 16.7 Å². The van der Waals surface area contributed by atoms with E-state index in [4.69, 9.17) is 0 Å². The van der Waals surface area contributed by atoms with Gasteiger partial charge in [0, 0.05) is 35.8 Å². The maximum Gasteiger partial charge on any atom is 0.195 e. The largest absolute Gasteiger partial charge is 0.508 e. The highest BCUT2D eigenvalue weighted by atomic mass is 16.3. The Labute approximate surface area is 128 Å². The summed E-state index contributed by atoms with van der Waals surface area (Å²) in [4.78, 5) is 17.2. The third kappa shape index (κ3) is 1.91. The van der Waals surface area contributed by atoms with E-state index >= 15 is 0 Å². The van der Waals surface area contributed by atoms with Crippen LogP contribution in [0.2, 0.25) is 0 Å². The minimum Gasteiger partial charge on any atom is -0.508 e. The van der Waals surface area contributed by atoms with Crippen LogP contribution in [0.25, 0.3) is 10.9 Å². The molecule has 4 heteroatoms. The molecule has 0 amide bonds. The van der Waals surface area contributed by atoms with Gasteiger partial charge in [0.05, 0.1) is 17.3 Å². The lowest BCUT2D eigenvalue weighted by Gasteiger charge is -2.06. The molecule has 4 rings (SSSR count). The predicted molar refractivity (Wildman–Crippen MR) is 84.2 cm³/mol. The third-order valence-corrected chi connectivity index (χ3v) is 4.37. The van der Waals surface area contributed by atoms with Gasteiger partial charge in [-0.25, -0.2) is 0 Å². The predicted octanol–water partition coefficient (Wildman–Crippen LogP) is 3.39. The van der Waals surface area contributed by atoms with Crippen LogP contribution in [0.3, 0.4) is 0 Å². The number of phenols is 1. The van der Waals surface area contributed by atoms with E-state index in [-0.39, 0.29) is 11.5 Å². The average molecular weight is 292 g/mol. The van der Waals surface area contributed by atoms with Crippen LogP contribution in [-0.4, -0.2) is 20.4 Å². The molecule has 0 atom stereocenters. The first-order valence-corrected chi connectivity index (χ1v) is 7.43. The van der Waals surface area contributed by atoms with Crippen LogP contribution in [0.4, 0.5) is 0 Å². The molecule has 1 aromatic carbocycles. The smallest absolute Gasteiger partial charge is 0.195 e. The van der Waals surface area contributed by atoms with E-state index in [1.807, 2.05) is 19.3 Å². The van der Waals surface area contributed by atoms with Crippen molar-refractivity contribution in [2.24, 2.45) is 7.05 Å². The van der Waals surface area contributed by atoms with Crippen LogP contribution in [0.5, 0.6) is 5.75 Å². The molecule has 0 radical (unpaired) electrons. The molecule has 1 fully saturated rings. The summed E-state index contributed by atoms with van der Waals surface area (Å²) in [7, 11) is 2.01. The Balaban J connectivity index is 1.95. The quantitative estimate of drug-likeness (QED) is 0.753. The lowest BCUT2D eigenvalue weighted by Crippen LogP contribution is -2.05. The maximum atomic E-state index is 13.0. The zero-order valence-electron chi connectivity index (χ0n) is 12.3. The van der Waals surface area contributed by atoms with Gasteiger partial charge in [0.2, 0.25) is 0 Å². The van der Waals surface area contributed by atoms with E-state index in [0.29, 0.717) is 11.5 Å². The van der Waals surface area contributed by atoms with E-state index < -0.39 is 0 Å². The van der Waals surface area contributed by atoms with Crippen LogP contribution in [0, 0.1) is 0 Å². The number of carbonyl (C=O) groups excluding carboxylic acids is 1. The molecule has 22 heavy (non-hydrogen) atoms. The number of phenolic OH excluding ortho intramolecular Hbond substituents is 1. The first-order valence-electron chi connectivity index (χ1n) is 7.43. The highest BCUT2D eigenvalue weighted by molar-refractivity contribution is 6.17. The van der Waals surface area contributed by atoms with Crippen LogP contribution in [-0.2, 0) is 7.05 Å². The molecule has 1 saturated carbocycles. The van der Waals surface area contributed by atoms with Crippen molar-refractivity contribution in [3.05, 3.63) is 59.5 Å². The highest BCUT2D eigenvalue weighted by Gasteiger charge is 2.33. The summed E-state index contributed by atoms with van der Waals surface area (Å²) in [5.41, 5.74) is 3.49. The van der Waals surface area contributed by atoms with E-state index in [9.17, 15) is 9.90 Å². The summed E-state index contributed by atoms with van der Waals surface area (Å²) < 4.78 is 2.10. The van der Waals surface area contributed by atoms with Gasteiger partial charge in [-0.1, -0.05) is 0 Å². The van der Waals surface area contributed by atoms with Crippen LogP contribution in [0.15, 0.2) is 42.7 Å². The Bertz CT molecular complexity index is 874. The Morgan fingerprint density at radius 3 is 2.64 bits per heavy atom. The molecule has 1 aliphatic carbocycles. The zero-order chi connectivity index (χ0) is 15.3. The lowest BCUT2D eigenvalue weighted by molar-refractivity contribution is 0.103. The second-order valence-electron chi connectivity index (χ2n) is 5.86. The maximum absolute atomic E-state index is 13.0. The number of ketones is 1. The van der Waals surface area contributed by atoms with Crippen molar-refractivity contribution in [2.45, 2.75) is 18.8 Å². The second kappa shape index (κ2) is 4.70. The fourth-order valence-electron chi connectivity index (χ4n) is 3.13. The molecule has 4 nitrogen and oxygen atoms in total. The number of nitrogens with zero attached hydrogens (tertiary/aromatic N) is 2. The Morgan fingerprint density at radius 1 is 1.23 bits per heavy atom. The monoisotopic (exact) mass is 292 g/mol. The summed E-state index contributed by atoms with van der Waals surface area (Å²) in [6.45, 7) is 0. The summed E-state index contributed by atoms with van der Waals surface area (Å²) in [5, 5.41) is 10.4. The first-order chi connectivity index (χ1) is 10.7. The molecule has 1 aliphatic rings. The SMILES string of the molecule is Cn1c(C2CC2)c(C(=O)c2ccc(O)cc2)c2ccncc21. The molecule has 2 heterocycles. The fraction of sp³-hybridized carbons (Fsp3) is 0.222. The summed E-state index contributed by atoms with van der Waals surface area (Å²) >= 11 is 0. The minimum atomic E-state index is 0.0127. The standard InChI is InChI=1S/C18H16N2O2/c1-20-15-10-19-9-8-14(15)16(17(20)11-2-3-11)18(22)12-4-6-13(21)7-5-12/h4-11,21H,2-3H2,1H3. The molecule has 0 bridgehead atoms. The molecule has 110 valence electrons. The Hall–Kier alpha value is -2.62. The number of benzene rings is 1. The van der Waals surface area contributed by atoms with Gasteiger partial charge in [-0.15, -0.1) is 0 Å². The highest BCUT2D eigenvalue weighted by Crippen LogP contribution is 2.45. The van der Waals surface area contributed by atoms with Crippen molar-refractivity contribution in [3.63, 3.8) is 0 Å². The molecule has 0 aliphatic heterocycles. The molecule has 2 aromatic heterocycles. The van der Waals surface area contributed by atoms with E-state index in [0.717, 1.165) is 35.0 Å². The molecular weight excluding hydrogens is 276 g/mol. The van der Waals surface area contributed by atoms with E-state index in [1.165, 1.54) is 0 Å². The number of aryl methyl sites for hydroxylation is 1. The van der Waals surface area contributed by atoms with Crippen molar-refractivity contribution in [3.8, 4) is 5.75 Å². The summed E-state index contributed by atoms with van der Waals surface area (Å²) in [6, 6.07) is 8.37. The van der Waals surface area contributed by atoms with Gasteiger partial charge < -0.3 is 9.67 Å². The number of aromatic hydroxyl groups is 1. The van der Waals surface area contributed by atoms with Gasteiger partial charge in [0.15, 0.2) is 5.78 Å². The van der Waals surface area contributed by atoms with Gasteiger partial charge >= 0.3 is 0 Å².